The van der Waals surface area contributed by atoms with Crippen LogP contribution in [-0.2, 0) is 42.2 Å². The Hall–Kier alpha value is -4.64. The molecule has 2 N–H and O–H groups in total. The Bertz CT molecular complexity index is 1900. The molecule has 0 aromatic carbocycles. The molecule has 452 valence electrons. The molecule has 11 nitrogen and oxygen atoms in total. The predicted octanol–water partition coefficient (Wildman–Crippen LogP) is 18.7. The minimum absolute atomic E-state index is 0.0760. The Labute approximate surface area is 486 Å². The van der Waals surface area contributed by atoms with Gasteiger partial charge in [-0.15, -0.1) is 0 Å². The fourth-order valence-corrected chi connectivity index (χ4v) is 8.42. The Morgan fingerprint density at radius 2 is 0.662 bits per heavy atom. The van der Waals surface area contributed by atoms with Gasteiger partial charge in [0.1, 0.15) is 12.7 Å². The Kier molecular flexibility index (Phi) is 56.9. The number of carbonyl (C=O) groups is 3. The predicted molar refractivity (Wildman–Crippen MR) is 334 cm³/mol. The van der Waals surface area contributed by atoms with Crippen molar-refractivity contribution in [3.63, 3.8) is 0 Å². The lowest BCUT2D eigenvalue weighted by atomic mass is 10.1. The summed E-state index contributed by atoms with van der Waals surface area (Å²) >= 11 is 0. The summed E-state index contributed by atoms with van der Waals surface area (Å²) in [4.78, 5) is 48.7. The van der Waals surface area contributed by atoms with Crippen LogP contribution in [0.25, 0.3) is 0 Å². The van der Waals surface area contributed by atoms with E-state index < -0.39 is 57.8 Å². The van der Waals surface area contributed by atoms with Gasteiger partial charge in [0.25, 0.3) is 0 Å². The maximum absolute atomic E-state index is 12.9. The minimum atomic E-state index is -4.79. The van der Waals surface area contributed by atoms with Gasteiger partial charge in [-0.1, -0.05) is 224 Å². The molecule has 0 radical (unpaired) electrons. The average Bonchev–Trinajstić information content (AvgIpc) is 3.45. The number of ether oxygens (including phenoxy) is 3. The molecule has 0 rings (SSSR count). The van der Waals surface area contributed by atoms with Crippen LogP contribution in [0.3, 0.4) is 0 Å². The van der Waals surface area contributed by atoms with Gasteiger partial charge in [0, 0.05) is 19.3 Å². The van der Waals surface area contributed by atoms with Crippen molar-refractivity contribution in [2.24, 2.45) is 0 Å². The van der Waals surface area contributed by atoms with E-state index in [0.717, 1.165) is 96.3 Å². The zero-order valence-electron chi connectivity index (χ0n) is 50.0. The van der Waals surface area contributed by atoms with Crippen LogP contribution in [0.2, 0.25) is 0 Å². The Morgan fingerprint density at radius 1 is 0.362 bits per heavy atom. The van der Waals surface area contributed by atoms with Crippen LogP contribution in [0.4, 0.5) is 0 Å². The third-order valence-electron chi connectivity index (χ3n) is 12.2. The first-order valence-corrected chi connectivity index (χ1v) is 32.2. The van der Waals surface area contributed by atoms with Gasteiger partial charge in [0.05, 0.1) is 19.8 Å². The van der Waals surface area contributed by atoms with Crippen molar-refractivity contribution in [3.05, 3.63) is 146 Å². The summed E-state index contributed by atoms with van der Waals surface area (Å²) in [5.74, 6) is -1.62. The Morgan fingerprint density at radius 3 is 1.04 bits per heavy atom. The summed E-state index contributed by atoms with van der Waals surface area (Å²) in [6, 6.07) is 0. The van der Waals surface area contributed by atoms with E-state index in [4.69, 9.17) is 23.3 Å². The summed E-state index contributed by atoms with van der Waals surface area (Å²) < 4.78 is 39.5. The molecule has 0 aliphatic rings. The number of allylic oxidation sites excluding steroid dienone is 24. The summed E-state index contributed by atoms with van der Waals surface area (Å²) in [5, 5.41) is 9.83. The number of carbonyl (C=O) groups excluding carboxylic acids is 3. The van der Waals surface area contributed by atoms with Crippen molar-refractivity contribution in [1.29, 1.82) is 0 Å². The molecule has 0 aromatic heterocycles. The number of unbranched alkanes of at least 4 members (excludes halogenated alkanes) is 14. The van der Waals surface area contributed by atoms with E-state index in [1.54, 1.807) is 0 Å². The second kappa shape index (κ2) is 60.5. The van der Waals surface area contributed by atoms with E-state index in [-0.39, 0.29) is 25.9 Å². The highest BCUT2D eigenvalue weighted by Crippen LogP contribution is 2.43. The van der Waals surface area contributed by atoms with E-state index in [9.17, 15) is 28.9 Å². The van der Waals surface area contributed by atoms with E-state index >= 15 is 0 Å². The number of aliphatic hydroxyl groups is 1. The lowest BCUT2D eigenvalue weighted by Crippen LogP contribution is -2.30. The molecule has 0 fully saturated rings. The van der Waals surface area contributed by atoms with E-state index in [1.807, 2.05) is 24.3 Å². The van der Waals surface area contributed by atoms with Crippen LogP contribution in [0.5, 0.6) is 0 Å². The smallest absolute Gasteiger partial charge is 0.462 e. The van der Waals surface area contributed by atoms with Crippen LogP contribution in [0, 0.1) is 0 Å². The number of aliphatic hydroxyl groups excluding tert-OH is 1. The average molecular weight is 1130 g/mol. The van der Waals surface area contributed by atoms with Gasteiger partial charge < -0.3 is 24.2 Å². The molecule has 0 aromatic rings. The monoisotopic (exact) mass is 1130 g/mol. The summed E-state index contributed by atoms with van der Waals surface area (Å²) in [5.41, 5.74) is 0. The maximum Gasteiger partial charge on any atom is 0.472 e. The fourth-order valence-electron chi connectivity index (χ4n) is 7.63. The van der Waals surface area contributed by atoms with Gasteiger partial charge in [0.2, 0.25) is 0 Å². The summed E-state index contributed by atoms with van der Waals surface area (Å²) in [6.45, 7) is 4.25. The molecule has 0 aliphatic heterocycles. The molecular weight excluding hydrogens is 1020 g/mol. The van der Waals surface area contributed by atoms with E-state index in [2.05, 4.69) is 142 Å². The zero-order valence-corrected chi connectivity index (χ0v) is 50.9. The van der Waals surface area contributed by atoms with Crippen LogP contribution in [0.1, 0.15) is 226 Å². The topological polar surface area (TPSA) is 155 Å². The summed E-state index contributed by atoms with van der Waals surface area (Å²) in [7, 11) is -4.79. The number of phosphoric ester groups is 1. The number of esters is 3. The molecule has 0 saturated carbocycles. The Balaban J connectivity index is 4.86. The normalized spacial score (nSPS) is 14.3. The lowest BCUT2D eigenvalue weighted by Gasteiger charge is -2.21. The second-order valence-electron chi connectivity index (χ2n) is 19.7. The van der Waals surface area contributed by atoms with Gasteiger partial charge in [-0.25, -0.2) is 4.57 Å². The fraction of sp³-hybridized carbons (Fsp3) is 0.603. The van der Waals surface area contributed by atoms with Gasteiger partial charge in [0.15, 0.2) is 6.10 Å². The van der Waals surface area contributed by atoms with Crippen molar-refractivity contribution in [2.75, 3.05) is 26.4 Å². The van der Waals surface area contributed by atoms with E-state index in [0.29, 0.717) is 32.1 Å². The van der Waals surface area contributed by atoms with Crippen LogP contribution in [0.15, 0.2) is 146 Å². The van der Waals surface area contributed by atoms with Crippen LogP contribution < -0.4 is 0 Å². The summed E-state index contributed by atoms with van der Waals surface area (Å²) in [6.07, 6.45) is 78.1. The highest BCUT2D eigenvalue weighted by molar-refractivity contribution is 7.47. The number of rotatable bonds is 55. The minimum Gasteiger partial charge on any atom is -0.462 e. The molecule has 0 spiro atoms. The number of hydrogen-bond acceptors (Lipinski definition) is 10. The maximum atomic E-state index is 12.9. The van der Waals surface area contributed by atoms with Gasteiger partial charge >= 0.3 is 25.7 Å². The molecule has 12 heteroatoms. The van der Waals surface area contributed by atoms with Crippen molar-refractivity contribution in [1.82, 2.24) is 0 Å². The molecule has 80 heavy (non-hydrogen) atoms. The second-order valence-corrected chi connectivity index (χ2v) is 21.2. The molecule has 0 bridgehead atoms. The van der Waals surface area contributed by atoms with E-state index in [1.165, 1.54) is 57.8 Å². The van der Waals surface area contributed by atoms with Gasteiger partial charge in [-0.3, -0.25) is 23.4 Å². The standard InChI is InChI=1S/C68H109O11P/c1-4-7-10-13-16-19-22-25-28-31-32-35-36-39-42-45-48-51-54-57-66(70)75-61-65(79-68(72)59-56-53-50-47-44-41-38-34-30-27-24-21-18-15-12-9-6-3)63-77-80(73,74)76-62-64(60-69)78-67(71)58-55-52-49-46-43-40-37-33-29-26-23-20-17-14-11-8-5-2/h8-9,11-12,16-21,25-30,37-38,40-41,46-47,49-50,64-65,69H,4-7,10,13-15,22-24,31-36,39,42-45,48,51-63H2,1-3H3,(H,73,74)/b11-8-,12-9-,19-16-,20-17-,21-18-,28-25-,29-26-,30-27-,40-37-,41-38-,49-46-,50-47-. The molecule has 3 atom stereocenters. The van der Waals surface area contributed by atoms with Crippen molar-refractivity contribution < 1.29 is 52.2 Å². The molecule has 0 aliphatic carbocycles. The van der Waals surface area contributed by atoms with Crippen molar-refractivity contribution in [3.8, 4) is 0 Å². The first kappa shape index (κ1) is 75.4. The number of phosphoric acid groups is 1. The molecule has 0 amide bonds. The van der Waals surface area contributed by atoms with Crippen LogP contribution in [-0.4, -0.2) is 66.5 Å². The van der Waals surface area contributed by atoms with Gasteiger partial charge in [-0.2, -0.15) is 0 Å². The first-order valence-electron chi connectivity index (χ1n) is 30.7. The molecule has 3 unspecified atom stereocenters. The molecule has 0 heterocycles. The highest BCUT2D eigenvalue weighted by Gasteiger charge is 2.28. The third kappa shape index (κ3) is 58.0. The number of hydrogen-bond donors (Lipinski definition) is 2. The highest BCUT2D eigenvalue weighted by atomic mass is 31.2. The van der Waals surface area contributed by atoms with Crippen molar-refractivity contribution in [2.45, 2.75) is 238 Å². The lowest BCUT2D eigenvalue weighted by molar-refractivity contribution is -0.161. The zero-order chi connectivity index (χ0) is 58.3. The SMILES string of the molecule is CC/C=C\C/C=C\C/C=C\C/C=C\C/C=C\CCCC(=O)OC(CO)COP(=O)(O)OCC(COC(=O)CCCCCCCCCCC/C=C\C/C=C\CCCCC)OC(=O)CCC/C=C\C/C=C\C/C=C\C/C=C\C/C=C\CC. The molecule has 0 saturated heterocycles. The largest absolute Gasteiger partial charge is 0.472 e. The van der Waals surface area contributed by atoms with Gasteiger partial charge in [-0.05, 0) is 128 Å². The third-order valence-corrected chi connectivity index (χ3v) is 13.2. The first-order chi connectivity index (χ1) is 39.2. The van der Waals surface area contributed by atoms with Crippen LogP contribution >= 0.6 is 7.82 Å². The quantitative estimate of drug-likeness (QED) is 0.0197. The van der Waals surface area contributed by atoms with Crippen molar-refractivity contribution >= 4 is 25.7 Å². The molecular formula is C68H109O11P.